The molecule has 1 aromatic carbocycles. The highest BCUT2D eigenvalue weighted by atomic mass is 32.1. The minimum absolute atomic E-state index is 0.231. The van der Waals surface area contributed by atoms with Crippen LogP contribution >= 0.6 is 11.3 Å². The molecule has 0 unspecified atom stereocenters. The number of H-pyrrole nitrogens is 1. The number of carbonyl (C=O) groups excluding carboxylic acids is 1. The van der Waals surface area contributed by atoms with Gasteiger partial charge in [-0.25, -0.2) is 4.98 Å². The number of aryl methyl sites for hydroxylation is 1. The summed E-state index contributed by atoms with van der Waals surface area (Å²) in [7, 11) is 0. The molecule has 144 valence electrons. The third-order valence-corrected chi connectivity index (χ3v) is 5.75. The Labute approximate surface area is 166 Å². The molecule has 1 aliphatic rings. The van der Waals surface area contributed by atoms with Gasteiger partial charge in [0.25, 0.3) is 5.91 Å². The van der Waals surface area contributed by atoms with Crippen molar-refractivity contribution in [3.05, 3.63) is 68.9 Å². The third kappa shape index (κ3) is 3.91. The molecule has 28 heavy (non-hydrogen) atoms. The first-order chi connectivity index (χ1) is 13.6. The van der Waals surface area contributed by atoms with Crippen molar-refractivity contribution in [2.45, 2.75) is 6.92 Å². The first-order valence-electron chi connectivity index (χ1n) is 9.12. The Morgan fingerprint density at radius 2 is 1.79 bits per heavy atom. The monoisotopic (exact) mass is 395 g/mol. The summed E-state index contributed by atoms with van der Waals surface area (Å²) in [6.45, 7) is 5.38. The maximum absolute atomic E-state index is 12.3. The van der Waals surface area contributed by atoms with Crippen LogP contribution in [0.1, 0.15) is 15.4 Å². The Kier molecular flexibility index (Phi) is 5.12. The fourth-order valence-electron chi connectivity index (χ4n) is 3.29. The Hall–Kier alpha value is -3.13. The Balaban J connectivity index is 1.37. The van der Waals surface area contributed by atoms with Gasteiger partial charge in [0, 0.05) is 37.6 Å². The molecule has 1 amide bonds. The number of rotatable bonds is 4. The van der Waals surface area contributed by atoms with Crippen molar-refractivity contribution >= 4 is 34.4 Å². The number of piperazine rings is 1. The van der Waals surface area contributed by atoms with Crippen LogP contribution in [0.4, 0.5) is 17.2 Å². The van der Waals surface area contributed by atoms with E-state index in [0.717, 1.165) is 43.3 Å². The van der Waals surface area contributed by atoms with Gasteiger partial charge in [0.1, 0.15) is 10.7 Å². The number of anilines is 3. The number of para-hydroxylation sites is 1. The second kappa shape index (κ2) is 7.85. The number of hydrogen-bond acceptors (Lipinski definition) is 6. The Bertz CT molecular complexity index is 1010. The summed E-state index contributed by atoms with van der Waals surface area (Å²) in [6.07, 6.45) is 1.65. The second-order valence-electron chi connectivity index (χ2n) is 6.64. The van der Waals surface area contributed by atoms with Crippen LogP contribution in [0.5, 0.6) is 0 Å². The molecule has 2 aromatic heterocycles. The van der Waals surface area contributed by atoms with E-state index in [1.54, 1.807) is 13.1 Å². The van der Waals surface area contributed by atoms with Gasteiger partial charge in [-0.1, -0.05) is 29.5 Å². The van der Waals surface area contributed by atoms with Gasteiger partial charge >= 0.3 is 4.87 Å². The number of pyridine rings is 1. The number of nitrogens with zero attached hydrogens (tertiary/aromatic N) is 3. The van der Waals surface area contributed by atoms with Gasteiger partial charge in [0.15, 0.2) is 0 Å². The zero-order chi connectivity index (χ0) is 19.5. The number of amides is 1. The molecule has 3 aromatic rings. The molecule has 0 spiro atoms. The minimum Gasteiger partial charge on any atom is -0.368 e. The molecule has 1 fully saturated rings. The van der Waals surface area contributed by atoms with E-state index in [-0.39, 0.29) is 10.8 Å². The average molecular weight is 395 g/mol. The van der Waals surface area contributed by atoms with Crippen LogP contribution in [0.3, 0.4) is 0 Å². The van der Waals surface area contributed by atoms with E-state index in [1.807, 2.05) is 18.2 Å². The van der Waals surface area contributed by atoms with Crippen LogP contribution in [0.15, 0.2) is 53.5 Å². The molecule has 7 nitrogen and oxygen atoms in total. The quantitative estimate of drug-likeness (QED) is 0.710. The molecule has 1 saturated heterocycles. The van der Waals surface area contributed by atoms with Gasteiger partial charge in [-0.3, -0.25) is 9.59 Å². The normalized spacial score (nSPS) is 14.2. The minimum atomic E-state index is -0.299. The molecule has 1 aliphatic heterocycles. The lowest BCUT2D eigenvalue weighted by Gasteiger charge is -2.36. The van der Waals surface area contributed by atoms with Crippen LogP contribution < -0.4 is 20.0 Å². The molecule has 0 atom stereocenters. The molecule has 0 aliphatic carbocycles. The molecule has 0 radical (unpaired) electrons. The van der Waals surface area contributed by atoms with E-state index in [4.69, 9.17) is 0 Å². The molecule has 4 rings (SSSR count). The fraction of sp³-hybridized carbons (Fsp3) is 0.250. The van der Waals surface area contributed by atoms with Crippen molar-refractivity contribution in [3.8, 4) is 0 Å². The highest BCUT2D eigenvalue weighted by Crippen LogP contribution is 2.20. The molecular weight excluding hydrogens is 374 g/mol. The van der Waals surface area contributed by atoms with Crippen molar-refractivity contribution < 1.29 is 4.79 Å². The number of hydrogen-bond donors (Lipinski definition) is 2. The van der Waals surface area contributed by atoms with Crippen molar-refractivity contribution in [1.29, 1.82) is 0 Å². The van der Waals surface area contributed by atoms with Crippen LogP contribution in [0.25, 0.3) is 0 Å². The molecule has 3 heterocycles. The second-order valence-corrected chi connectivity index (χ2v) is 7.62. The summed E-state index contributed by atoms with van der Waals surface area (Å²) in [5.74, 6) is 0.597. The molecular formula is C20H21N5O2S. The number of nitrogens with one attached hydrogen (secondary N) is 2. The van der Waals surface area contributed by atoms with Crippen LogP contribution in [-0.4, -0.2) is 42.1 Å². The lowest BCUT2D eigenvalue weighted by atomic mass is 10.2. The lowest BCUT2D eigenvalue weighted by Crippen LogP contribution is -2.46. The molecule has 8 heteroatoms. The van der Waals surface area contributed by atoms with Gasteiger partial charge in [-0.15, -0.1) is 0 Å². The standard InChI is InChI=1S/C20H21N5O2S/c1-14-18(28-20(27)22-14)19(26)23-15-7-8-17(21-13-15)25-11-9-24(10-12-25)16-5-3-2-4-6-16/h2-8,13H,9-12H2,1H3,(H,22,27)(H,23,26). The lowest BCUT2D eigenvalue weighted by molar-refractivity contribution is 0.103. The van der Waals surface area contributed by atoms with E-state index in [0.29, 0.717) is 16.3 Å². The van der Waals surface area contributed by atoms with Crippen LogP contribution in [0.2, 0.25) is 0 Å². The van der Waals surface area contributed by atoms with Crippen LogP contribution in [-0.2, 0) is 0 Å². The van der Waals surface area contributed by atoms with Crippen LogP contribution in [0, 0.1) is 6.92 Å². The third-order valence-electron chi connectivity index (χ3n) is 4.76. The van der Waals surface area contributed by atoms with Crippen molar-refractivity contribution in [1.82, 2.24) is 9.97 Å². The van der Waals surface area contributed by atoms with E-state index in [2.05, 4.69) is 49.4 Å². The summed E-state index contributed by atoms with van der Waals surface area (Å²) in [5.41, 5.74) is 2.43. The van der Waals surface area contributed by atoms with Gasteiger partial charge in [-0.2, -0.15) is 0 Å². The largest absolute Gasteiger partial charge is 0.368 e. The Morgan fingerprint density at radius 1 is 1.07 bits per heavy atom. The number of carbonyl (C=O) groups is 1. The van der Waals surface area contributed by atoms with Gasteiger partial charge in [-0.05, 0) is 31.2 Å². The number of aromatic nitrogens is 2. The highest BCUT2D eigenvalue weighted by molar-refractivity contribution is 7.11. The average Bonchev–Trinajstić information content (AvgIpc) is 3.07. The topological polar surface area (TPSA) is 81.3 Å². The maximum Gasteiger partial charge on any atom is 0.305 e. The summed E-state index contributed by atoms with van der Waals surface area (Å²) in [4.78, 5) is 35.6. The van der Waals surface area contributed by atoms with Crippen molar-refractivity contribution in [3.63, 3.8) is 0 Å². The number of aromatic amines is 1. The van der Waals surface area contributed by atoms with E-state index in [9.17, 15) is 9.59 Å². The van der Waals surface area contributed by atoms with Gasteiger partial charge < -0.3 is 20.1 Å². The smallest absolute Gasteiger partial charge is 0.305 e. The zero-order valence-corrected chi connectivity index (χ0v) is 16.3. The summed E-state index contributed by atoms with van der Waals surface area (Å²) in [6, 6.07) is 14.2. The zero-order valence-electron chi connectivity index (χ0n) is 15.5. The first-order valence-corrected chi connectivity index (χ1v) is 9.94. The molecule has 2 N–H and O–H groups in total. The predicted molar refractivity (Wildman–Crippen MR) is 113 cm³/mol. The predicted octanol–water partition coefficient (Wildman–Crippen LogP) is 2.72. The molecule has 0 saturated carbocycles. The van der Waals surface area contributed by atoms with E-state index < -0.39 is 0 Å². The van der Waals surface area contributed by atoms with E-state index >= 15 is 0 Å². The summed E-state index contributed by atoms with van der Waals surface area (Å²) >= 11 is 0.909. The maximum atomic E-state index is 12.3. The number of thiazole rings is 1. The Morgan fingerprint density at radius 3 is 2.39 bits per heavy atom. The number of benzene rings is 1. The van der Waals surface area contributed by atoms with Gasteiger partial charge in [0.05, 0.1) is 11.9 Å². The SMILES string of the molecule is Cc1[nH]c(=O)sc1C(=O)Nc1ccc(N2CCN(c3ccccc3)CC2)nc1. The fourth-order valence-corrected chi connectivity index (χ4v) is 4.03. The molecule has 0 bridgehead atoms. The summed E-state index contributed by atoms with van der Waals surface area (Å²) < 4.78 is 0. The summed E-state index contributed by atoms with van der Waals surface area (Å²) in [5, 5.41) is 2.79. The van der Waals surface area contributed by atoms with Gasteiger partial charge in [0.2, 0.25) is 0 Å². The van der Waals surface area contributed by atoms with E-state index in [1.165, 1.54) is 5.69 Å². The first kappa shape index (κ1) is 18.2. The van der Waals surface area contributed by atoms with Crippen molar-refractivity contribution in [2.75, 3.05) is 41.3 Å². The van der Waals surface area contributed by atoms with Crippen molar-refractivity contribution in [2.24, 2.45) is 0 Å². The highest BCUT2D eigenvalue weighted by Gasteiger charge is 2.18.